The molecule has 1 fully saturated rings. The highest BCUT2D eigenvalue weighted by Gasteiger charge is 2.43. The molecule has 0 unspecified atom stereocenters. The van der Waals surface area contributed by atoms with Crippen molar-refractivity contribution >= 4 is 5.97 Å². The fourth-order valence-electron chi connectivity index (χ4n) is 1.62. The molecule has 5 heteroatoms. The molecule has 1 saturated carbocycles. The minimum Gasteiger partial charge on any atom is -0.490 e. The van der Waals surface area contributed by atoms with Crippen molar-refractivity contribution in [3.8, 4) is 11.8 Å². The van der Waals surface area contributed by atoms with Crippen LogP contribution in [-0.4, -0.2) is 22.7 Å². The number of aromatic nitrogens is 1. The molecule has 0 bridgehead atoms. The summed E-state index contributed by atoms with van der Waals surface area (Å²) in [5.41, 5.74) is 0.0353. The van der Waals surface area contributed by atoms with Crippen LogP contribution >= 0.6 is 0 Å². The third-order valence-corrected chi connectivity index (χ3v) is 2.96. The monoisotopic (exact) mass is 232 g/mol. The van der Waals surface area contributed by atoms with Crippen molar-refractivity contribution in [1.82, 2.24) is 4.98 Å². The molecule has 5 nitrogen and oxygen atoms in total. The Morgan fingerprint density at radius 2 is 2.41 bits per heavy atom. The fraction of sp³-hybridized carbons (Fsp3) is 0.417. The predicted molar refractivity (Wildman–Crippen MR) is 58.6 cm³/mol. The number of nitriles is 1. The summed E-state index contributed by atoms with van der Waals surface area (Å²) < 4.78 is 5.48. The minimum absolute atomic E-state index is 0.0691. The number of hydrogen-bond acceptors (Lipinski definition) is 4. The van der Waals surface area contributed by atoms with E-state index in [4.69, 9.17) is 15.1 Å². The van der Waals surface area contributed by atoms with E-state index in [0.29, 0.717) is 13.0 Å². The van der Waals surface area contributed by atoms with Crippen LogP contribution in [0.25, 0.3) is 0 Å². The summed E-state index contributed by atoms with van der Waals surface area (Å²) in [6.45, 7) is 0.381. The normalized spacial score (nSPS) is 15.9. The van der Waals surface area contributed by atoms with Crippen molar-refractivity contribution < 1.29 is 14.6 Å². The van der Waals surface area contributed by atoms with Crippen LogP contribution in [0.3, 0.4) is 0 Å². The molecule has 0 aliphatic heterocycles. The SMILES string of the molecule is N#CCC1(COc2cnccc2C(=O)O)CC1. The number of pyridine rings is 1. The molecule has 2 rings (SSSR count). The molecule has 1 aliphatic rings. The number of aromatic carboxylic acids is 1. The van der Waals surface area contributed by atoms with Crippen LogP contribution in [0.5, 0.6) is 5.75 Å². The summed E-state index contributed by atoms with van der Waals surface area (Å²) in [6, 6.07) is 3.54. The number of ether oxygens (including phenoxy) is 1. The molecule has 0 atom stereocenters. The lowest BCUT2D eigenvalue weighted by Crippen LogP contribution is -2.14. The first kappa shape index (κ1) is 11.4. The van der Waals surface area contributed by atoms with Gasteiger partial charge in [0.25, 0.3) is 0 Å². The van der Waals surface area contributed by atoms with E-state index < -0.39 is 5.97 Å². The number of hydrogen-bond donors (Lipinski definition) is 1. The lowest BCUT2D eigenvalue weighted by atomic mass is 10.1. The summed E-state index contributed by atoms with van der Waals surface area (Å²) in [7, 11) is 0. The average Bonchev–Trinajstić information content (AvgIpc) is 3.08. The lowest BCUT2D eigenvalue weighted by molar-refractivity contribution is 0.0690. The van der Waals surface area contributed by atoms with Gasteiger partial charge < -0.3 is 9.84 Å². The van der Waals surface area contributed by atoms with Crippen molar-refractivity contribution in [1.29, 1.82) is 5.26 Å². The van der Waals surface area contributed by atoms with Crippen LogP contribution in [0.4, 0.5) is 0 Å². The van der Waals surface area contributed by atoms with Gasteiger partial charge in [-0.15, -0.1) is 0 Å². The van der Waals surface area contributed by atoms with Gasteiger partial charge in [0, 0.05) is 18.0 Å². The van der Waals surface area contributed by atoms with Gasteiger partial charge in [0.15, 0.2) is 5.75 Å². The van der Waals surface area contributed by atoms with E-state index in [1.165, 1.54) is 18.5 Å². The second-order valence-electron chi connectivity index (χ2n) is 4.30. The fourth-order valence-corrected chi connectivity index (χ4v) is 1.62. The van der Waals surface area contributed by atoms with E-state index in [9.17, 15) is 4.79 Å². The lowest BCUT2D eigenvalue weighted by Gasteiger charge is -2.13. The standard InChI is InChI=1S/C12H12N2O3/c13-5-4-12(2-3-12)8-17-10-7-14-6-1-9(10)11(15)16/h1,6-7H,2-4,8H2,(H,15,16). The molecule has 1 aliphatic carbocycles. The molecule has 0 spiro atoms. The number of carboxylic acids is 1. The Kier molecular flexibility index (Phi) is 2.96. The average molecular weight is 232 g/mol. The van der Waals surface area contributed by atoms with Crippen LogP contribution in [-0.2, 0) is 0 Å². The summed E-state index contributed by atoms with van der Waals surface area (Å²) in [5.74, 6) is -0.767. The van der Waals surface area contributed by atoms with E-state index >= 15 is 0 Å². The topological polar surface area (TPSA) is 83.2 Å². The molecule has 88 valence electrons. The zero-order valence-electron chi connectivity index (χ0n) is 9.22. The van der Waals surface area contributed by atoms with Crippen LogP contribution in [0, 0.1) is 16.7 Å². The van der Waals surface area contributed by atoms with E-state index in [1.54, 1.807) is 0 Å². The first-order chi connectivity index (χ1) is 8.17. The van der Waals surface area contributed by atoms with Gasteiger partial charge in [0.2, 0.25) is 0 Å². The van der Waals surface area contributed by atoms with E-state index in [-0.39, 0.29) is 16.7 Å². The van der Waals surface area contributed by atoms with Crippen molar-refractivity contribution in [2.24, 2.45) is 5.41 Å². The molecule has 17 heavy (non-hydrogen) atoms. The quantitative estimate of drug-likeness (QED) is 0.837. The van der Waals surface area contributed by atoms with Gasteiger partial charge in [-0.05, 0) is 18.9 Å². The molecule has 0 radical (unpaired) electrons. The van der Waals surface area contributed by atoms with Crippen molar-refractivity contribution in [2.75, 3.05) is 6.61 Å². The maximum atomic E-state index is 10.9. The van der Waals surface area contributed by atoms with Gasteiger partial charge in [-0.1, -0.05) is 0 Å². The molecular weight excluding hydrogens is 220 g/mol. The van der Waals surface area contributed by atoms with Gasteiger partial charge in [-0.25, -0.2) is 4.79 Å². The Balaban J connectivity index is 2.05. The molecule has 0 amide bonds. The Morgan fingerprint density at radius 3 is 3.00 bits per heavy atom. The van der Waals surface area contributed by atoms with E-state index in [2.05, 4.69) is 11.1 Å². The summed E-state index contributed by atoms with van der Waals surface area (Å²) in [4.78, 5) is 14.8. The van der Waals surface area contributed by atoms with E-state index in [1.807, 2.05) is 0 Å². The molecule has 1 heterocycles. The highest BCUT2D eigenvalue weighted by molar-refractivity contribution is 5.90. The zero-order valence-corrected chi connectivity index (χ0v) is 9.22. The zero-order chi connectivity index (χ0) is 12.3. The molecular formula is C12H12N2O3. The predicted octanol–water partition coefficient (Wildman–Crippen LogP) is 1.85. The Bertz CT molecular complexity index is 475. The van der Waals surface area contributed by atoms with Crippen molar-refractivity contribution in [3.63, 3.8) is 0 Å². The maximum absolute atomic E-state index is 10.9. The van der Waals surface area contributed by atoms with Crippen LogP contribution in [0.1, 0.15) is 29.6 Å². The maximum Gasteiger partial charge on any atom is 0.339 e. The largest absolute Gasteiger partial charge is 0.490 e. The first-order valence-electron chi connectivity index (χ1n) is 5.34. The van der Waals surface area contributed by atoms with E-state index in [0.717, 1.165) is 12.8 Å². The van der Waals surface area contributed by atoms with Gasteiger partial charge in [-0.3, -0.25) is 4.98 Å². The minimum atomic E-state index is -1.03. The van der Waals surface area contributed by atoms with Crippen molar-refractivity contribution in [3.05, 3.63) is 24.0 Å². The van der Waals surface area contributed by atoms with Crippen LogP contribution in [0.2, 0.25) is 0 Å². The van der Waals surface area contributed by atoms with Gasteiger partial charge in [0.05, 0.1) is 18.9 Å². The number of carboxylic acid groups (broad SMARTS) is 1. The third-order valence-electron chi connectivity index (χ3n) is 2.96. The summed E-state index contributed by atoms with van der Waals surface area (Å²) >= 11 is 0. The van der Waals surface area contributed by atoms with Crippen molar-refractivity contribution in [2.45, 2.75) is 19.3 Å². The molecule has 1 aromatic rings. The Labute approximate surface area is 98.7 Å². The molecule has 1 N–H and O–H groups in total. The summed E-state index contributed by atoms with van der Waals surface area (Å²) in [6.07, 6.45) is 5.19. The molecule has 0 saturated heterocycles. The van der Waals surface area contributed by atoms with Crippen LogP contribution < -0.4 is 4.74 Å². The molecule has 1 aromatic heterocycles. The number of nitrogens with zero attached hydrogens (tertiary/aromatic N) is 2. The highest BCUT2D eigenvalue weighted by atomic mass is 16.5. The first-order valence-corrected chi connectivity index (χ1v) is 5.34. The third kappa shape index (κ3) is 2.53. The van der Waals surface area contributed by atoms with Gasteiger partial charge >= 0.3 is 5.97 Å². The van der Waals surface area contributed by atoms with Gasteiger partial charge in [0.1, 0.15) is 5.56 Å². The second-order valence-corrected chi connectivity index (χ2v) is 4.30. The highest BCUT2D eigenvalue weighted by Crippen LogP contribution is 2.48. The molecule has 0 aromatic carbocycles. The summed E-state index contributed by atoms with van der Waals surface area (Å²) in [5, 5.41) is 17.6. The Hall–Kier alpha value is -2.09. The van der Waals surface area contributed by atoms with Gasteiger partial charge in [-0.2, -0.15) is 5.26 Å². The van der Waals surface area contributed by atoms with Crippen LogP contribution in [0.15, 0.2) is 18.5 Å². The second kappa shape index (κ2) is 4.42. The number of rotatable bonds is 5. The Morgan fingerprint density at radius 1 is 1.65 bits per heavy atom. The number of carbonyl (C=O) groups is 1. The smallest absolute Gasteiger partial charge is 0.339 e.